The number of fused-ring (bicyclic) bond motifs is 8. The summed E-state index contributed by atoms with van der Waals surface area (Å²) in [5.41, 5.74) is 8.18. The number of carbonyl (C=O) groups is 4. The molecule has 6 nitrogen and oxygen atoms in total. The summed E-state index contributed by atoms with van der Waals surface area (Å²) >= 11 is 0. The van der Waals surface area contributed by atoms with E-state index in [1.807, 2.05) is 97.1 Å². The van der Waals surface area contributed by atoms with Gasteiger partial charge in [0.25, 0.3) is 0 Å². The quantitative estimate of drug-likeness (QED) is 0.134. The first kappa shape index (κ1) is 31.8. The average Bonchev–Trinajstić information content (AvgIpc) is 3.90. The summed E-state index contributed by atoms with van der Waals surface area (Å²) in [6, 6.07) is 51.3. The van der Waals surface area contributed by atoms with E-state index in [0.717, 1.165) is 55.0 Å². The number of para-hydroxylation sites is 4. The van der Waals surface area contributed by atoms with Gasteiger partial charge in [-0.3, -0.25) is 19.2 Å². The SMILES string of the molecule is O=C1C(=Cc2ccc(-n3c4ccccc4c4ccccc43)cc2)C(=O)c2cc3c(cc21)C(=O)C(=Cc1ccc(-n2c4ccccc4c4ccccc42)cc1)C3=O. The average molecular weight is 721 g/mol. The van der Waals surface area contributed by atoms with Crippen molar-refractivity contribution in [3.8, 4) is 11.4 Å². The fourth-order valence-electron chi connectivity index (χ4n) is 8.57. The first-order valence-corrected chi connectivity index (χ1v) is 18.4. The topological polar surface area (TPSA) is 78.1 Å². The van der Waals surface area contributed by atoms with Crippen molar-refractivity contribution in [2.75, 3.05) is 0 Å². The Labute approximate surface area is 319 Å². The van der Waals surface area contributed by atoms with Crippen LogP contribution in [0.1, 0.15) is 52.6 Å². The second kappa shape index (κ2) is 11.9. The van der Waals surface area contributed by atoms with Crippen molar-refractivity contribution in [2.45, 2.75) is 0 Å². The Balaban J connectivity index is 0.882. The summed E-state index contributed by atoms with van der Waals surface area (Å²) in [4.78, 5) is 54.8. The Hall–Kier alpha value is -7.70. The van der Waals surface area contributed by atoms with Gasteiger partial charge in [-0.1, -0.05) is 97.1 Å². The van der Waals surface area contributed by atoms with Gasteiger partial charge < -0.3 is 9.13 Å². The van der Waals surface area contributed by atoms with Crippen LogP contribution in [-0.2, 0) is 0 Å². The maximum atomic E-state index is 13.7. The van der Waals surface area contributed by atoms with Gasteiger partial charge >= 0.3 is 0 Å². The zero-order valence-electron chi connectivity index (χ0n) is 29.7. The second-order valence-electron chi connectivity index (χ2n) is 14.3. The fourth-order valence-corrected chi connectivity index (χ4v) is 8.57. The lowest BCUT2D eigenvalue weighted by Crippen LogP contribution is -2.02. The molecule has 0 saturated carbocycles. The van der Waals surface area contributed by atoms with Crippen molar-refractivity contribution in [1.29, 1.82) is 0 Å². The highest BCUT2D eigenvalue weighted by Gasteiger charge is 2.40. The molecule has 0 saturated heterocycles. The Morgan fingerprint density at radius 1 is 0.321 bits per heavy atom. The molecule has 6 heteroatoms. The lowest BCUT2D eigenvalue weighted by atomic mass is 10.0. The van der Waals surface area contributed by atoms with Crippen LogP contribution >= 0.6 is 0 Å². The van der Waals surface area contributed by atoms with Gasteiger partial charge in [-0.15, -0.1) is 0 Å². The summed E-state index contributed by atoms with van der Waals surface area (Å²) in [6.45, 7) is 0. The normalized spacial score (nSPS) is 13.8. The van der Waals surface area contributed by atoms with Crippen molar-refractivity contribution in [3.63, 3.8) is 0 Å². The molecule has 0 amide bonds. The van der Waals surface area contributed by atoms with Crippen LogP contribution in [-0.4, -0.2) is 32.3 Å². The van der Waals surface area contributed by atoms with E-state index >= 15 is 0 Å². The molecule has 0 bridgehead atoms. The van der Waals surface area contributed by atoms with Crippen molar-refractivity contribution >= 4 is 78.9 Å². The lowest BCUT2D eigenvalue weighted by molar-refractivity contribution is 0.0978. The number of aromatic nitrogens is 2. The van der Waals surface area contributed by atoms with Gasteiger partial charge in [0, 0.05) is 55.2 Å². The van der Waals surface area contributed by atoms with Gasteiger partial charge in [0.05, 0.1) is 33.2 Å². The predicted molar refractivity (Wildman–Crippen MR) is 221 cm³/mol. The molecule has 11 rings (SSSR count). The molecule has 262 valence electrons. The van der Waals surface area contributed by atoms with Crippen molar-refractivity contribution < 1.29 is 19.2 Å². The third-order valence-corrected chi connectivity index (χ3v) is 11.2. The van der Waals surface area contributed by atoms with Gasteiger partial charge in [0.2, 0.25) is 0 Å². The minimum absolute atomic E-state index is 0.00675. The van der Waals surface area contributed by atoms with Crippen LogP contribution in [0.2, 0.25) is 0 Å². The maximum Gasteiger partial charge on any atom is 0.197 e. The molecule has 2 aromatic heterocycles. The molecule has 7 aromatic carbocycles. The van der Waals surface area contributed by atoms with Crippen LogP contribution < -0.4 is 0 Å². The van der Waals surface area contributed by atoms with E-state index in [4.69, 9.17) is 0 Å². The van der Waals surface area contributed by atoms with Crippen LogP contribution in [0.3, 0.4) is 0 Å². The van der Waals surface area contributed by atoms with Gasteiger partial charge in [0.1, 0.15) is 0 Å². The zero-order valence-corrected chi connectivity index (χ0v) is 29.7. The molecular weight excluding hydrogens is 693 g/mol. The first-order valence-electron chi connectivity index (χ1n) is 18.4. The molecule has 0 atom stereocenters. The van der Waals surface area contributed by atoms with E-state index < -0.39 is 23.1 Å². The Morgan fingerprint density at radius 2 is 0.589 bits per heavy atom. The van der Waals surface area contributed by atoms with Gasteiger partial charge in [0.15, 0.2) is 23.1 Å². The third kappa shape index (κ3) is 4.56. The number of ketones is 4. The van der Waals surface area contributed by atoms with Gasteiger partial charge in [-0.2, -0.15) is 0 Å². The smallest absolute Gasteiger partial charge is 0.197 e. The molecule has 0 aliphatic heterocycles. The summed E-state index contributed by atoms with van der Waals surface area (Å²) in [5, 5.41) is 4.63. The molecule has 9 aromatic rings. The second-order valence-corrected chi connectivity index (χ2v) is 14.3. The molecule has 0 spiro atoms. The first-order chi connectivity index (χ1) is 27.4. The number of benzene rings is 7. The molecule has 2 aliphatic carbocycles. The number of Topliss-reactive ketones (excluding diaryl/α,β-unsaturated/α-hetero) is 4. The van der Waals surface area contributed by atoms with Crippen molar-refractivity contribution in [2.24, 2.45) is 0 Å². The van der Waals surface area contributed by atoms with Crippen LogP contribution in [0.25, 0.3) is 67.1 Å². The number of rotatable bonds is 4. The molecule has 0 unspecified atom stereocenters. The van der Waals surface area contributed by atoms with Crippen LogP contribution in [0.4, 0.5) is 0 Å². The number of allylic oxidation sites excluding steroid dienone is 2. The number of hydrogen-bond acceptors (Lipinski definition) is 4. The summed E-state index contributed by atoms with van der Waals surface area (Å²) < 4.78 is 4.40. The standard InChI is InChI=1S/C50H28N2O4/c53-47-37-27-39-40(50(56)42(49(39)55)26-30-19-23-32(24-20-30)52-45-15-7-3-11-35(45)36-12-4-8-16-46(36)52)28-38(37)48(54)41(47)25-29-17-21-31(22-18-29)51-43-13-5-1-9-33(43)34-10-2-6-14-44(34)51/h1-28H. The Bertz CT molecular complexity index is 2920. The minimum atomic E-state index is -0.461. The lowest BCUT2D eigenvalue weighted by Gasteiger charge is -2.08. The highest BCUT2D eigenvalue weighted by atomic mass is 16.2. The number of nitrogens with zero attached hydrogens (tertiary/aromatic N) is 2. The Morgan fingerprint density at radius 3 is 0.875 bits per heavy atom. The summed E-state index contributed by atoms with van der Waals surface area (Å²) in [5.74, 6) is -1.84. The van der Waals surface area contributed by atoms with Crippen LogP contribution in [0, 0.1) is 0 Å². The van der Waals surface area contributed by atoms with Crippen LogP contribution in [0.15, 0.2) is 169 Å². The summed E-state index contributed by atoms with van der Waals surface area (Å²) in [6.07, 6.45) is 3.17. The molecule has 0 radical (unpaired) electrons. The molecule has 0 N–H and O–H groups in total. The molecule has 2 aliphatic rings. The largest absolute Gasteiger partial charge is 0.309 e. The fraction of sp³-hybridized carbons (Fsp3) is 0. The summed E-state index contributed by atoms with van der Waals surface area (Å²) in [7, 11) is 0. The molecule has 56 heavy (non-hydrogen) atoms. The zero-order chi connectivity index (χ0) is 37.7. The van der Waals surface area contributed by atoms with E-state index in [0.29, 0.717) is 11.1 Å². The number of hydrogen-bond donors (Lipinski definition) is 0. The molecular formula is C50H28N2O4. The third-order valence-electron chi connectivity index (χ3n) is 11.2. The van der Waals surface area contributed by atoms with E-state index in [1.54, 1.807) is 12.2 Å². The molecule has 0 fully saturated rings. The van der Waals surface area contributed by atoms with E-state index in [9.17, 15) is 19.2 Å². The monoisotopic (exact) mass is 720 g/mol. The Kier molecular flexibility index (Phi) is 6.76. The molecule has 2 heterocycles. The number of carbonyl (C=O) groups excluding carboxylic acids is 4. The van der Waals surface area contributed by atoms with E-state index in [1.165, 1.54) is 12.1 Å². The van der Waals surface area contributed by atoms with Crippen LogP contribution in [0.5, 0.6) is 0 Å². The highest BCUT2D eigenvalue weighted by molar-refractivity contribution is 6.45. The van der Waals surface area contributed by atoms with Crippen molar-refractivity contribution in [3.05, 3.63) is 202 Å². The predicted octanol–water partition coefficient (Wildman–Crippen LogP) is 10.8. The maximum absolute atomic E-state index is 13.7. The van der Waals surface area contributed by atoms with Gasteiger partial charge in [-0.05, 0) is 83.9 Å². The van der Waals surface area contributed by atoms with Crippen molar-refractivity contribution in [1.82, 2.24) is 9.13 Å². The van der Waals surface area contributed by atoms with E-state index in [-0.39, 0.29) is 33.4 Å². The minimum Gasteiger partial charge on any atom is -0.309 e. The van der Waals surface area contributed by atoms with E-state index in [2.05, 4.69) is 57.7 Å². The highest BCUT2D eigenvalue weighted by Crippen LogP contribution is 2.37. The van der Waals surface area contributed by atoms with Gasteiger partial charge in [-0.25, -0.2) is 0 Å².